The Morgan fingerprint density at radius 1 is 0.919 bits per heavy atom. The van der Waals surface area contributed by atoms with Crippen LogP contribution in [0, 0.1) is 0 Å². The molecular formula is C29H30N2O5S. The number of anilines is 1. The number of amides is 1. The molecule has 37 heavy (non-hydrogen) atoms. The lowest BCUT2D eigenvalue weighted by molar-refractivity contribution is -0.127. The fraction of sp³-hybridized carbons (Fsp3) is 0.207. The Balaban J connectivity index is 1.88. The van der Waals surface area contributed by atoms with Gasteiger partial charge in [0.25, 0.3) is 15.9 Å². The van der Waals surface area contributed by atoms with Gasteiger partial charge in [0.15, 0.2) is 16.4 Å². The summed E-state index contributed by atoms with van der Waals surface area (Å²) in [5.41, 5.74) is 3.13. The number of sulfonamides is 1. The molecule has 0 aromatic heterocycles. The Morgan fingerprint density at radius 3 is 1.92 bits per heavy atom. The van der Waals surface area contributed by atoms with E-state index in [0.29, 0.717) is 28.3 Å². The summed E-state index contributed by atoms with van der Waals surface area (Å²) in [6.45, 7) is 5.88. The van der Waals surface area contributed by atoms with Crippen molar-refractivity contribution < 1.29 is 22.7 Å². The molecule has 0 N–H and O–H groups in total. The number of hydrogen-bond donors (Lipinski definition) is 0. The summed E-state index contributed by atoms with van der Waals surface area (Å²) in [7, 11) is -1.21. The molecule has 1 aliphatic heterocycles. The maximum Gasteiger partial charge on any atom is 0.270 e. The van der Waals surface area contributed by atoms with E-state index in [-0.39, 0.29) is 24.5 Å². The number of carbonyl (C=O) groups is 1. The Morgan fingerprint density at radius 2 is 1.43 bits per heavy atom. The number of rotatable bonds is 9. The molecule has 0 aliphatic carbocycles. The molecule has 0 unspecified atom stereocenters. The highest BCUT2D eigenvalue weighted by atomic mass is 32.2. The number of carbonyl (C=O) groups excluding carboxylic acids is 1. The molecule has 0 bridgehead atoms. The smallest absolute Gasteiger partial charge is 0.270 e. The summed E-state index contributed by atoms with van der Waals surface area (Å²) in [6.07, 6.45) is 1.49. The lowest BCUT2D eigenvalue weighted by Gasteiger charge is -2.34. The van der Waals surface area contributed by atoms with Gasteiger partial charge in [-0.15, -0.1) is 6.58 Å². The topological polar surface area (TPSA) is 76.2 Å². The van der Waals surface area contributed by atoms with Gasteiger partial charge in [-0.2, -0.15) is 0 Å². The van der Waals surface area contributed by atoms with Crippen LogP contribution in [0.4, 0.5) is 5.69 Å². The van der Waals surface area contributed by atoms with E-state index in [2.05, 4.69) is 6.58 Å². The number of allylic oxidation sites excluding steroid dienone is 1. The molecule has 3 aromatic carbocycles. The van der Waals surface area contributed by atoms with E-state index in [4.69, 9.17) is 9.47 Å². The zero-order chi connectivity index (χ0) is 26.6. The first kappa shape index (κ1) is 26.0. The number of ether oxygens (including phenoxy) is 2. The van der Waals surface area contributed by atoms with E-state index in [9.17, 15) is 13.2 Å². The van der Waals surface area contributed by atoms with Gasteiger partial charge in [0, 0.05) is 24.7 Å². The summed E-state index contributed by atoms with van der Waals surface area (Å²) in [6, 6.07) is 22.4. The van der Waals surface area contributed by atoms with Crippen molar-refractivity contribution in [1.82, 2.24) is 4.90 Å². The third kappa shape index (κ3) is 5.11. The maximum absolute atomic E-state index is 14.2. The predicted octanol–water partition coefficient (Wildman–Crippen LogP) is 5.00. The van der Waals surface area contributed by atoms with Crippen LogP contribution >= 0.6 is 0 Å². The summed E-state index contributed by atoms with van der Waals surface area (Å²) < 4.78 is 40.0. The molecule has 3 aromatic rings. The fourth-order valence-corrected chi connectivity index (χ4v) is 6.24. The minimum Gasteiger partial charge on any atom is -0.493 e. The quantitative estimate of drug-likeness (QED) is 0.373. The van der Waals surface area contributed by atoms with Crippen LogP contribution in [-0.4, -0.2) is 40.0 Å². The first-order chi connectivity index (χ1) is 17.8. The standard InChI is InChI=1S/C29H30N2O5S/c1-5-16-31-25-18-27(36-4)26(35-3)17-24(25)21(2)28(37(31,33)34)29(32)30(19-22-12-8-6-9-13-22)20-23-14-10-7-11-15-23/h5-15,17-18H,1,16,19-20H2,2-4H3. The summed E-state index contributed by atoms with van der Waals surface area (Å²) in [5.74, 6) is 0.262. The molecule has 192 valence electrons. The van der Waals surface area contributed by atoms with Crippen LogP contribution in [0.1, 0.15) is 23.6 Å². The van der Waals surface area contributed by atoms with Crippen LogP contribution in [0.15, 0.2) is 90.4 Å². The van der Waals surface area contributed by atoms with Crippen molar-refractivity contribution in [2.24, 2.45) is 0 Å². The van der Waals surface area contributed by atoms with Crippen molar-refractivity contribution in [3.8, 4) is 11.5 Å². The lowest BCUT2D eigenvalue weighted by Crippen LogP contribution is -2.42. The Hall–Kier alpha value is -4.04. The van der Waals surface area contributed by atoms with E-state index in [1.54, 1.807) is 24.0 Å². The van der Waals surface area contributed by atoms with Gasteiger partial charge in [0.2, 0.25) is 0 Å². The van der Waals surface area contributed by atoms with E-state index >= 15 is 0 Å². The Kier molecular flexibility index (Phi) is 7.69. The monoisotopic (exact) mass is 518 g/mol. The second kappa shape index (κ2) is 10.9. The van der Waals surface area contributed by atoms with Crippen molar-refractivity contribution in [2.45, 2.75) is 20.0 Å². The second-order valence-electron chi connectivity index (χ2n) is 8.64. The van der Waals surface area contributed by atoms with Crippen LogP contribution in [0.25, 0.3) is 5.57 Å². The number of fused-ring (bicyclic) bond motifs is 1. The third-order valence-corrected chi connectivity index (χ3v) is 8.19. The highest BCUT2D eigenvalue weighted by Gasteiger charge is 2.41. The van der Waals surface area contributed by atoms with Crippen LogP contribution < -0.4 is 13.8 Å². The highest BCUT2D eigenvalue weighted by Crippen LogP contribution is 2.45. The summed E-state index contributed by atoms with van der Waals surface area (Å²) >= 11 is 0. The normalized spacial score (nSPS) is 14.1. The molecule has 0 spiro atoms. The third-order valence-electron chi connectivity index (χ3n) is 6.27. The number of benzene rings is 3. The Bertz CT molecular complexity index is 1390. The largest absolute Gasteiger partial charge is 0.493 e. The lowest BCUT2D eigenvalue weighted by atomic mass is 10.0. The maximum atomic E-state index is 14.2. The summed E-state index contributed by atoms with van der Waals surface area (Å²) in [5, 5.41) is 0. The molecule has 7 nitrogen and oxygen atoms in total. The average molecular weight is 519 g/mol. The van der Waals surface area contributed by atoms with Gasteiger partial charge in [0.1, 0.15) is 0 Å². The van der Waals surface area contributed by atoms with Crippen LogP contribution in [-0.2, 0) is 27.9 Å². The van der Waals surface area contributed by atoms with Crippen LogP contribution in [0.5, 0.6) is 11.5 Å². The SMILES string of the molecule is C=CCN1c2cc(OC)c(OC)cc2C(C)=C(C(=O)N(Cc2ccccc2)Cc2ccccc2)S1(=O)=O. The van der Waals surface area contributed by atoms with Gasteiger partial charge < -0.3 is 14.4 Å². The molecule has 0 fully saturated rings. The fourth-order valence-electron chi connectivity index (χ4n) is 4.47. The van der Waals surface area contributed by atoms with Crippen molar-refractivity contribution in [1.29, 1.82) is 0 Å². The zero-order valence-electron chi connectivity index (χ0n) is 21.2. The average Bonchev–Trinajstić information content (AvgIpc) is 2.91. The van der Waals surface area contributed by atoms with Crippen molar-refractivity contribution in [3.05, 3.63) is 107 Å². The van der Waals surface area contributed by atoms with Gasteiger partial charge in [-0.3, -0.25) is 9.10 Å². The van der Waals surface area contributed by atoms with E-state index in [1.807, 2.05) is 60.7 Å². The molecule has 1 aliphatic rings. The molecule has 0 saturated heterocycles. The second-order valence-corrected chi connectivity index (χ2v) is 10.4. The van der Waals surface area contributed by atoms with Crippen molar-refractivity contribution in [2.75, 3.05) is 25.1 Å². The minimum atomic E-state index is -4.21. The molecule has 1 heterocycles. The molecule has 0 radical (unpaired) electrons. The van der Waals surface area contributed by atoms with Gasteiger partial charge >= 0.3 is 0 Å². The van der Waals surface area contributed by atoms with Gasteiger partial charge in [-0.05, 0) is 29.7 Å². The molecular weight excluding hydrogens is 488 g/mol. The van der Waals surface area contributed by atoms with E-state index in [1.165, 1.54) is 24.6 Å². The van der Waals surface area contributed by atoms with Gasteiger partial charge in [-0.1, -0.05) is 66.7 Å². The molecule has 0 atom stereocenters. The molecule has 1 amide bonds. The Labute approximate surface area is 218 Å². The van der Waals surface area contributed by atoms with Crippen LogP contribution in [0.3, 0.4) is 0 Å². The first-order valence-electron chi connectivity index (χ1n) is 11.8. The van der Waals surface area contributed by atoms with Crippen LogP contribution in [0.2, 0.25) is 0 Å². The van der Waals surface area contributed by atoms with Gasteiger partial charge in [-0.25, -0.2) is 8.42 Å². The number of methoxy groups -OCH3 is 2. The highest BCUT2D eigenvalue weighted by molar-refractivity contribution is 7.97. The number of nitrogens with zero attached hydrogens (tertiary/aromatic N) is 2. The number of hydrogen-bond acceptors (Lipinski definition) is 5. The van der Waals surface area contributed by atoms with E-state index < -0.39 is 15.9 Å². The zero-order valence-corrected chi connectivity index (χ0v) is 22.0. The van der Waals surface area contributed by atoms with Crippen molar-refractivity contribution >= 4 is 27.2 Å². The molecule has 8 heteroatoms. The minimum absolute atomic E-state index is 0.00769. The molecule has 4 rings (SSSR count). The summed E-state index contributed by atoms with van der Waals surface area (Å²) in [4.78, 5) is 15.5. The van der Waals surface area contributed by atoms with Crippen molar-refractivity contribution in [3.63, 3.8) is 0 Å². The van der Waals surface area contributed by atoms with Gasteiger partial charge in [0.05, 0.1) is 26.5 Å². The predicted molar refractivity (Wildman–Crippen MR) is 146 cm³/mol. The first-order valence-corrected chi connectivity index (χ1v) is 13.2. The van der Waals surface area contributed by atoms with E-state index in [0.717, 1.165) is 11.1 Å². The molecule has 0 saturated carbocycles.